The van der Waals surface area contributed by atoms with Gasteiger partial charge in [0.05, 0.1) is 5.25 Å². The van der Waals surface area contributed by atoms with Crippen LogP contribution in [0.4, 0.5) is 0 Å². The highest BCUT2D eigenvalue weighted by atomic mass is 32.2. The summed E-state index contributed by atoms with van der Waals surface area (Å²) in [5, 5.41) is 3.59. The quantitative estimate of drug-likeness (QED) is 0.894. The molecule has 0 aromatic heterocycles. The van der Waals surface area contributed by atoms with E-state index in [9.17, 15) is 4.79 Å². The molecule has 2 heterocycles. The molecular formula is C20H31N3OS. The highest BCUT2D eigenvalue weighted by molar-refractivity contribution is 8.01. The number of hydrogen-bond acceptors (Lipinski definition) is 4. The lowest BCUT2D eigenvalue weighted by Crippen LogP contribution is -2.46. The van der Waals surface area contributed by atoms with Crippen LogP contribution < -0.4 is 5.32 Å². The van der Waals surface area contributed by atoms with Crippen molar-refractivity contribution in [3.63, 3.8) is 0 Å². The third-order valence-electron chi connectivity index (χ3n) is 5.18. The monoisotopic (exact) mass is 361 g/mol. The zero-order chi connectivity index (χ0) is 18.0. The maximum Gasteiger partial charge on any atom is 0.236 e. The molecule has 2 saturated heterocycles. The van der Waals surface area contributed by atoms with Gasteiger partial charge >= 0.3 is 0 Å². The van der Waals surface area contributed by atoms with Crippen LogP contribution in [0.5, 0.6) is 0 Å². The number of piperazine rings is 1. The molecule has 1 amide bonds. The Morgan fingerprint density at radius 2 is 1.76 bits per heavy atom. The summed E-state index contributed by atoms with van der Waals surface area (Å²) in [4.78, 5) is 17.2. The lowest BCUT2D eigenvalue weighted by molar-refractivity contribution is -0.130. The van der Waals surface area contributed by atoms with Gasteiger partial charge in [-0.2, -0.15) is 0 Å². The summed E-state index contributed by atoms with van der Waals surface area (Å²) in [5.41, 5.74) is 2.74. The number of nitrogens with one attached hydrogen (secondary N) is 1. The minimum Gasteiger partial charge on any atom is -0.324 e. The number of carbonyl (C=O) groups is 1. The smallest absolute Gasteiger partial charge is 0.236 e. The summed E-state index contributed by atoms with van der Waals surface area (Å²) < 4.78 is 0. The molecule has 0 saturated carbocycles. The van der Waals surface area contributed by atoms with E-state index >= 15 is 0 Å². The average Bonchev–Trinajstić information content (AvgIpc) is 2.88. The Hall–Kier alpha value is -1.04. The summed E-state index contributed by atoms with van der Waals surface area (Å²) >= 11 is 1.78. The van der Waals surface area contributed by atoms with E-state index in [1.165, 1.54) is 11.1 Å². The van der Waals surface area contributed by atoms with Crippen molar-refractivity contribution in [1.82, 2.24) is 15.1 Å². The van der Waals surface area contributed by atoms with Gasteiger partial charge in [-0.1, -0.05) is 45.0 Å². The lowest BCUT2D eigenvalue weighted by atomic mass is 9.86. The van der Waals surface area contributed by atoms with Gasteiger partial charge in [0.1, 0.15) is 5.37 Å². The first kappa shape index (κ1) is 18.7. The van der Waals surface area contributed by atoms with Gasteiger partial charge in [0.15, 0.2) is 0 Å². The Labute approximate surface area is 156 Å². The van der Waals surface area contributed by atoms with Crippen LogP contribution >= 0.6 is 11.8 Å². The fourth-order valence-corrected chi connectivity index (χ4v) is 4.80. The van der Waals surface area contributed by atoms with Gasteiger partial charge in [-0.15, -0.1) is 11.8 Å². The summed E-state index contributed by atoms with van der Waals surface area (Å²) in [5.74, 6) is 0.282. The van der Waals surface area contributed by atoms with Crippen LogP contribution in [-0.2, 0) is 10.2 Å². The molecule has 0 unspecified atom stereocenters. The number of amides is 1. The number of benzene rings is 1. The molecule has 1 aromatic rings. The molecule has 0 bridgehead atoms. The normalized spacial score (nSPS) is 25.6. The van der Waals surface area contributed by atoms with Gasteiger partial charge in [0.25, 0.3) is 0 Å². The second kappa shape index (κ2) is 7.68. The van der Waals surface area contributed by atoms with E-state index in [4.69, 9.17) is 0 Å². The van der Waals surface area contributed by atoms with E-state index in [0.29, 0.717) is 0 Å². The highest BCUT2D eigenvalue weighted by Crippen LogP contribution is 2.43. The number of rotatable bonds is 4. The van der Waals surface area contributed by atoms with Crippen molar-refractivity contribution in [3.8, 4) is 0 Å². The van der Waals surface area contributed by atoms with Gasteiger partial charge in [0, 0.05) is 39.3 Å². The predicted octanol–water partition coefficient (Wildman–Crippen LogP) is 2.85. The molecule has 2 aliphatic heterocycles. The van der Waals surface area contributed by atoms with Crippen LogP contribution in [0.15, 0.2) is 24.3 Å². The van der Waals surface area contributed by atoms with Crippen LogP contribution in [0, 0.1) is 0 Å². The van der Waals surface area contributed by atoms with Crippen molar-refractivity contribution < 1.29 is 4.79 Å². The molecule has 0 spiro atoms. The van der Waals surface area contributed by atoms with Crippen LogP contribution in [-0.4, -0.2) is 60.2 Å². The Morgan fingerprint density at radius 3 is 2.36 bits per heavy atom. The van der Waals surface area contributed by atoms with E-state index in [1.54, 1.807) is 11.8 Å². The molecule has 1 N–H and O–H groups in total. The Bertz CT molecular complexity index is 590. The van der Waals surface area contributed by atoms with Gasteiger partial charge < -0.3 is 10.2 Å². The van der Waals surface area contributed by atoms with Crippen LogP contribution in [0.2, 0.25) is 0 Å². The van der Waals surface area contributed by atoms with E-state index < -0.39 is 0 Å². The second-order valence-electron chi connectivity index (χ2n) is 8.13. The Balaban J connectivity index is 1.70. The maximum absolute atomic E-state index is 12.7. The fourth-order valence-electron chi connectivity index (χ4n) is 3.49. The van der Waals surface area contributed by atoms with E-state index in [0.717, 1.165) is 39.3 Å². The van der Waals surface area contributed by atoms with Crippen molar-refractivity contribution in [2.75, 3.05) is 39.3 Å². The van der Waals surface area contributed by atoms with E-state index in [2.05, 4.69) is 60.2 Å². The zero-order valence-corrected chi connectivity index (χ0v) is 16.7. The van der Waals surface area contributed by atoms with E-state index in [-0.39, 0.29) is 21.9 Å². The number of hydrogen-bond donors (Lipinski definition) is 1. The second-order valence-corrected chi connectivity index (χ2v) is 9.55. The van der Waals surface area contributed by atoms with Crippen molar-refractivity contribution in [2.24, 2.45) is 0 Å². The van der Waals surface area contributed by atoms with Gasteiger partial charge in [0.2, 0.25) is 5.91 Å². The molecular weight excluding hydrogens is 330 g/mol. The minimum atomic E-state index is 0.0512. The van der Waals surface area contributed by atoms with Crippen LogP contribution in [0.1, 0.15) is 44.2 Å². The largest absolute Gasteiger partial charge is 0.324 e. The lowest BCUT2D eigenvalue weighted by Gasteiger charge is -2.31. The highest BCUT2D eigenvalue weighted by Gasteiger charge is 2.38. The Kier molecular flexibility index (Phi) is 5.76. The molecule has 5 heteroatoms. The van der Waals surface area contributed by atoms with Gasteiger partial charge in [-0.25, -0.2) is 0 Å². The molecule has 3 rings (SSSR count). The first-order chi connectivity index (χ1) is 11.9. The van der Waals surface area contributed by atoms with E-state index in [1.807, 2.05) is 6.92 Å². The molecule has 4 nitrogen and oxygen atoms in total. The minimum absolute atomic E-state index is 0.0512. The molecule has 0 aliphatic carbocycles. The van der Waals surface area contributed by atoms with Gasteiger partial charge in [-0.05, 0) is 23.5 Å². The maximum atomic E-state index is 12.7. The van der Waals surface area contributed by atoms with Gasteiger partial charge in [-0.3, -0.25) is 9.69 Å². The third kappa shape index (κ3) is 4.39. The summed E-state index contributed by atoms with van der Waals surface area (Å²) in [6, 6.07) is 8.86. The Morgan fingerprint density at radius 1 is 1.12 bits per heavy atom. The summed E-state index contributed by atoms with van der Waals surface area (Å²) in [7, 11) is 0. The van der Waals surface area contributed by atoms with Crippen molar-refractivity contribution in [3.05, 3.63) is 35.4 Å². The number of nitrogens with zero attached hydrogens (tertiary/aromatic N) is 2. The summed E-state index contributed by atoms with van der Waals surface area (Å²) in [6.45, 7) is 14.8. The van der Waals surface area contributed by atoms with Crippen LogP contribution in [0.3, 0.4) is 0 Å². The molecule has 138 valence electrons. The first-order valence-electron chi connectivity index (χ1n) is 9.36. The standard InChI is InChI=1S/C20H31N3OS/c1-15-18(24)23(14-13-22-11-9-21-10-12-22)19(25-15)16-5-7-17(8-6-16)20(2,3)4/h5-8,15,19,21H,9-14H2,1-4H3/t15-,19-/m0/s1. The van der Waals surface area contributed by atoms with Crippen molar-refractivity contribution >= 4 is 17.7 Å². The molecule has 2 atom stereocenters. The molecule has 25 heavy (non-hydrogen) atoms. The SMILES string of the molecule is C[C@@H]1S[C@@H](c2ccc(C(C)(C)C)cc2)N(CCN2CCNCC2)C1=O. The molecule has 1 aromatic carbocycles. The number of carbonyl (C=O) groups excluding carboxylic acids is 1. The third-order valence-corrected chi connectivity index (χ3v) is 6.57. The number of thioether (sulfide) groups is 1. The first-order valence-corrected chi connectivity index (χ1v) is 10.3. The molecule has 2 fully saturated rings. The van der Waals surface area contributed by atoms with Crippen molar-refractivity contribution in [2.45, 2.75) is 43.7 Å². The zero-order valence-electron chi connectivity index (χ0n) is 15.9. The fraction of sp³-hybridized carbons (Fsp3) is 0.650. The molecule has 2 aliphatic rings. The molecule has 0 radical (unpaired) electrons. The summed E-state index contributed by atoms with van der Waals surface area (Å²) in [6.07, 6.45) is 0. The van der Waals surface area contributed by atoms with Crippen molar-refractivity contribution in [1.29, 1.82) is 0 Å². The average molecular weight is 362 g/mol. The van der Waals surface area contributed by atoms with Crippen LogP contribution in [0.25, 0.3) is 0 Å². The predicted molar refractivity (Wildman–Crippen MR) is 106 cm³/mol. The topological polar surface area (TPSA) is 35.6 Å².